The summed E-state index contributed by atoms with van der Waals surface area (Å²) in [6.07, 6.45) is 0. The molecule has 0 aliphatic heterocycles. The lowest BCUT2D eigenvalue weighted by molar-refractivity contribution is -0.119. The van der Waals surface area contributed by atoms with Crippen molar-refractivity contribution in [2.75, 3.05) is 19.0 Å². The SMILES string of the molecule is CN[C@H](C)C(=O)N(C)c1cccc(C)c1. The van der Waals surface area contributed by atoms with Gasteiger partial charge in [0, 0.05) is 12.7 Å². The number of amides is 1. The van der Waals surface area contributed by atoms with E-state index in [4.69, 9.17) is 0 Å². The third kappa shape index (κ3) is 2.80. The summed E-state index contributed by atoms with van der Waals surface area (Å²) in [6.45, 7) is 3.87. The molecule has 1 N–H and O–H groups in total. The third-order valence-corrected chi connectivity index (χ3v) is 2.52. The highest BCUT2D eigenvalue weighted by molar-refractivity contribution is 5.96. The fraction of sp³-hybridized carbons (Fsp3) is 0.417. The molecule has 0 saturated heterocycles. The molecule has 0 bridgehead atoms. The van der Waals surface area contributed by atoms with E-state index in [9.17, 15) is 4.79 Å². The molecule has 0 aliphatic rings. The average molecular weight is 206 g/mol. The van der Waals surface area contributed by atoms with Gasteiger partial charge in [0.25, 0.3) is 0 Å². The van der Waals surface area contributed by atoms with E-state index in [1.807, 2.05) is 38.1 Å². The second-order valence-corrected chi connectivity index (χ2v) is 3.75. The van der Waals surface area contributed by atoms with Crippen LogP contribution in [-0.4, -0.2) is 26.0 Å². The Morgan fingerprint density at radius 1 is 1.47 bits per heavy atom. The Morgan fingerprint density at radius 3 is 2.67 bits per heavy atom. The number of aryl methyl sites for hydroxylation is 1. The van der Waals surface area contributed by atoms with E-state index in [0.717, 1.165) is 11.3 Å². The van der Waals surface area contributed by atoms with Crippen molar-refractivity contribution in [3.8, 4) is 0 Å². The van der Waals surface area contributed by atoms with Gasteiger partial charge in [0.2, 0.25) is 5.91 Å². The highest BCUT2D eigenvalue weighted by atomic mass is 16.2. The number of nitrogens with one attached hydrogen (secondary N) is 1. The van der Waals surface area contributed by atoms with Crippen LogP contribution >= 0.6 is 0 Å². The summed E-state index contributed by atoms with van der Waals surface area (Å²) in [5.41, 5.74) is 2.09. The van der Waals surface area contributed by atoms with Crippen molar-refractivity contribution in [1.82, 2.24) is 5.32 Å². The maximum atomic E-state index is 11.8. The first kappa shape index (κ1) is 11.7. The summed E-state index contributed by atoms with van der Waals surface area (Å²) < 4.78 is 0. The van der Waals surface area contributed by atoms with Crippen molar-refractivity contribution in [1.29, 1.82) is 0 Å². The number of nitrogens with zero attached hydrogens (tertiary/aromatic N) is 1. The van der Waals surface area contributed by atoms with Gasteiger partial charge in [-0.15, -0.1) is 0 Å². The Morgan fingerprint density at radius 2 is 2.13 bits per heavy atom. The molecule has 0 unspecified atom stereocenters. The highest BCUT2D eigenvalue weighted by Crippen LogP contribution is 2.14. The molecule has 82 valence electrons. The van der Waals surface area contributed by atoms with Crippen molar-refractivity contribution < 1.29 is 4.79 Å². The maximum Gasteiger partial charge on any atom is 0.243 e. The van der Waals surface area contributed by atoms with Crippen molar-refractivity contribution in [3.63, 3.8) is 0 Å². The summed E-state index contributed by atoms with van der Waals surface area (Å²) in [4.78, 5) is 13.5. The van der Waals surface area contributed by atoms with Crippen LogP contribution in [0.3, 0.4) is 0 Å². The molecule has 0 heterocycles. The Bertz CT molecular complexity index is 349. The van der Waals surface area contributed by atoms with Gasteiger partial charge in [0.05, 0.1) is 6.04 Å². The van der Waals surface area contributed by atoms with Crippen molar-refractivity contribution >= 4 is 11.6 Å². The second kappa shape index (κ2) is 4.94. The number of hydrogen-bond donors (Lipinski definition) is 1. The minimum absolute atomic E-state index is 0.0723. The van der Waals surface area contributed by atoms with Gasteiger partial charge in [-0.3, -0.25) is 4.79 Å². The Labute approximate surface area is 91.1 Å². The van der Waals surface area contributed by atoms with E-state index in [2.05, 4.69) is 5.32 Å². The molecule has 0 saturated carbocycles. The molecular formula is C12H18N2O. The summed E-state index contributed by atoms with van der Waals surface area (Å²) in [5.74, 6) is 0.0723. The first-order valence-corrected chi connectivity index (χ1v) is 5.07. The van der Waals surface area contributed by atoms with Gasteiger partial charge in [0.1, 0.15) is 0 Å². The van der Waals surface area contributed by atoms with Gasteiger partial charge < -0.3 is 10.2 Å². The standard InChI is InChI=1S/C12H18N2O/c1-9-6-5-7-11(8-9)14(4)12(15)10(2)13-3/h5-8,10,13H,1-4H3/t10-/m1/s1. The fourth-order valence-corrected chi connectivity index (χ4v) is 1.38. The Kier molecular flexibility index (Phi) is 3.86. The van der Waals surface area contributed by atoms with E-state index in [1.54, 1.807) is 19.0 Å². The summed E-state index contributed by atoms with van der Waals surface area (Å²) in [7, 11) is 3.58. The Hall–Kier alpha value is -1.35. The lowest BCUT2D eigenvalue weighted by Gasteiger charge is -2.21. The van der Waals surface area contributed by atoms with Gasteiger partial charge in [-0.2, -0.15) is 0 Å². The van der Waals surface area contributed by atoms with Crippen LogP contribution in [0.5, 0.6) is 0 Å². The zero-order valence-electron chi connectivity index (χ0n) is 9.74. The lowest BCUT2D eigenvalue weighted by Crippen LogP contribution is -2.41. The van der Waals surface area contributed by atoms with E-state index < -0.39 is 0 Å². The van der Waals surface area contributed by atoms with E-state index >= 15 is 0 Å². The van der Waals surface area contributed by atoms with Gasteiger partial charge in [-0.05, 0) is 38.6 Å². The van der Waals surface area contributed by atoms with Crippen molar-refractivity contribution in [2.45, 2.75) is 19.9 Å². The number of hydrogen-bond acceptors (Lipinski definition) is 2. The molecule has 1 rings (SSSR count). The van der Waals surface area contributed by atoms with Gasteiger partial charge in [-0.1, -0.05) is 12.1 Å². The highest BCUT2D eigenvalue weighted by Gasteiger charge is 2.16. The predicted octanol–water partition coefficient (Wildman–Crippen LogP) is 1.57. The second-order valence-electron chi connectivity index (χ2n) is 3.75. The summed E-state index contributed by atoms with van der Waals surface area (Å²) in [6, 6.07) is 7.76. The molecule has 1 amide bonds. The number of carbonyl (C=O) groups is 1. The van der Waals surface area contributed by atoms with Crippen molar-refractivity contribution in [3.05, 3.63) is 29.8 Å². The molecule has 0 radical (unpaired) electrons. The van der Waals surface area contributed by atoms with Crippen LogP contribution in [-0.2, 0) is 4.79 Å². The maximum absolute atomic E-state index is 11.8. The number of likely N-dealkylation sites (N-methyl/N-ethyl adjacent to an activating group) is 2. The number of benzene rings is 1. The molecule has 1 aromatic rings. The third-order valence-electron chi connectivity index (χ3n) is 2.52. The molecule has 15 heavy (non-hydrogen) atoms. The van der Waals surface area contributed by atoms with Crippen LogP contribution in [0, 0.1) is 6.92 Å². The Balaban J connectivity index is 2.85. The lowest BCUT2D eigenvalue weighted by atomic mass is 10.2. The zero-order chi connectivity index (χ0) is 11.4. The van der Waals surface area contributed by atoms with E-state index in [1.165, 1.54) is 0 Å². The number of carbonyl (C=O) groups excluding carboxylic acids is 1. The minimum Gasteiger partial charge on any atom is -0.314 e. The minimum atomic E-state index is -0.157. The van der Waals surface area contributed by atoms with Gasteiger partial charge >= 0.3 is 0 Å². The molecule has 1 atom stereocenters. The smallest absolute Gasteiger partial charge is 0.243 e. The molecule has 0 aromatic heterocycles. The molecule has 0 aliphatic carbocycles. The van der Waals surface area contributed by atoms with Gasteiger partial charge in [0.15, 0.2) is 0 Å². The van der Waals surface area contributed by atoms with Crippen molar-refractivity contribution in [2.24, 2.45) is 0 Å². The summed E-state index contributed by atoms with van der Waals surface area (Å²) in [5, 5.41) is 2.94. The molecule has 0 spiro atoms. The molecule has 3 heteroatoms. The van der Waals surface area contributed by atoms with Gasteiger partial charge in [-0.25, -0.2) is 0 Å². The fourth-order valence-electron chi connectivity index (χ4n) is 1.38. The van der Waals surface area contributed by atoms with Crippen LogP contribution < -0.4 is 10.2 Å². The molecular weight excluding hydrogens is 188 g/mol. The molecule has 1 aromatic carbocycles. The normalized spacial score (nSPS) is 12.3. The van der Waals surface area contributed by atoms with Crippen LogP contribution in [0.1, 0.15) is 12.5 Å². The predicted molar refractivity (Wildman–Crippen MR) is 63.1 cm³/mol. The molecule has 3 nitrogen and oxygen atoms in total. The average Bonchev–Trinajstić information content (AvgIpc) is 2.26. The first-order valence-electron chi connectivity index (χ1n) is 5.07. The topological polar surface area (TPSA) is 32.3 Å². The van der Waals surface area contributed by atoms with Crippen LogP contribution in [0.15, 0.2) is 24.3 Å². The quantitative estimate of drug-likeness (QED) is 0.814. The summed E-state index contributed by atoms with van der Waals surface area (Å²) >= 11 is 0. The van der Waals surface area contributed by atoms with E-state index in [0.29, 0.717) is 0 Å². The van der Waals surface area contributed by atoms with Crippen LogP contribution in [0.25, 0.3) is 0 Å². The van der Waals surface area contributed by atoms with E-state index in [-0.39, 0.29) is 11.9 Å². The molecule has 0 fully saturated rings. The number of rotatable bonds is 3. The largest absolute Gasteiger partial charge is 0.314 e. The monoisotopic (exact) mass is 206 g/mol. The first-order chi connectivity index (χ1) is 7.06. The zero-order valence-corrected chi connectivity index (χ0v) is 9.74. The van der Waals surface area contributed by atoms with Crippen LogP contribution in [0.4, 0.5) is 5.69 Å². The van der Waals surface area contributed by atoms with Crippen LogP contribution in [0.2, 0.25) is 0 Å². The number of anilines is 1.